The van der Waals surface area contributed by atoms with Gasteiger partial charge in [0.05, 0.1) is 18.1 Å². The molecule has 0 bridgehead atoms. The van der Waals surface area contributed by atoms with Crippen LogP contribution in [0.1, 0.15) is 44.7 Å². The summed E-state index contributed by atoms with van der Waals surface area (Å²) in [4.78, 5) is 1.58. The van der Waals surface area contributed by atoms with Gasteiger partial charge in [0.1, 0.15) is 12.5 Å². The topological polar surface area (TPSA) is 38.3 Å². The Bertz CT molecular complexity index is 507. The van der Waals surface area contributed by atoms with Crippen LogP contribution in [0.25, 0.3) is 5.57 Å². The van der Waals surface area contributed by atoms with E-state index in [0.717, 1.165) is 24.6 Å². The number of rotatable bonds is 8. The van der Waals surface area contributed by atoms with Gasteiger partial charge >= 0.3 is 6.11 Å². The fraction of sp³-hybridized carbons (Fsp3) is 0.714. The zero-order valence-corrected chi connectivity index (χ0v) is 13.3. The normalized spacial score (nSPS) is 16.6. The third-order valence-electron chi connectivity index (χ3n) is 3.48. The van der Waals surface area contributed by atoms with Crippen LogP contribution in [0.15, 0.2) is 6.08 Å². The predicted octanol–water partition coefficient (Wildman–Crippen LogP) is 4.11. The Kier molecular flexibility index (Phi) is 6.19. The highest BCUT2D eigenvalue weighted by atomic mass is 32.1. The summed E-state index contributed by atoms with van der Waals surface area (Å²) in [7, 11) is 0. The van der Waals surface area contributed by atoms with Crippen LogP contribution in [-0.4, -0.2) is 39.6 Å². The molecule has 1 aromatic heterocycles. The first-order valence-corrected chi connectivity index (χ1v) is 8.16. The van der Waals surface area contributed by atoms with Gasteiger partial charge in [-0.3, -0.25) is 4.90 Å². The summed E-state index contributed by atoms with van der Waals surface area (Å²) in [6.45, 7) is 2.33. The second-order valence-electron chi connectivity index (χ2n) is 5.30. The van der Waals surface area contributed by atoms with E-state index in [0.29, 0.717) is 37.2 Å². The Morgan fingerprint density at radius 2 is 2.18 bits per heavy atom. The molecular formula is C14H20F3N3OS. The van der Waals surface area contributed by atoms with Gasteiger partial charge in [0.2, 0.25) is 0 Å². The molecule has 22 heavy (non-hydrogen) atoms. The van der Waals surface area contributed by atoms with E-state index in [1.165, 1.54) is 0 Å². The molecule has 0 atom stereocenters. The van der Waals surface area contributed by atoms with Crippen LogP contribution in [0.3, 0.4) is 0 Å². The summed E-state index contributed by atoms with van der Waals surface area (Å²) >= 11 is 0.826. The first kappa shape index (κ1) is 17.2. The fourth-order valence-corrected chi connectivity index (χ4v) is 2.81. The molecule has 0 N–H and O–H groups in total. The molecular weight excluding hydrogens is 315 g/mol. The lowest BCUT2D eigenvalue weighted by Crippen LogP contribution is -2.29. The highest BCUT2D eigenvalue weighted by Gasteiger charge is 2.34. The summed E-state index contributed by atoms with van der Waals surface area (Å²) in [5, 5.41) is 0. The van der Waals surface area contributed by atoms with E-state index >= 15 is 0 Å². The quantitative estimate of drug-likeness (QED) is 0.529. The average molecular weight is 335 g/mol. The Morgan fingerprint density at radius 1 is 1.36 bits per heavy atom. The Labute approximate surface area is 132 Å². The van der Waals surface area contributed by atoms with Crippen molar-refractivity contribution >= 4 is 17.3 Å². The molecule has 1 aliphatic heterocycles. The molecule has 0 saturated heterocycles. The molecule has 2 rings (SSSR count). The van der Waals surface area contributed by atoms with Crippen molar-refractivity contribution in [1.82, 2.24) is 13.6 Å². The first-order valence-electron chi connectivity index (χ1n) is 7.43. The molecule has 0 aromatic carbocycles. The van der Waals surface area contributed by atoms with Crippen molar-refractivity contribution in [2.75, 3.05) is 19.9 Å². The van der Waals surface area contributed by atoms with Crippen LogP contribution in [0, 0.1) is 0 Å². The number of hydrogen-bond donors (Lipinski definition) is 0. The lowest BCUT2D eigenvalue weighted by molar-refractivity contribution is -0.183. The monoisotopic (exact) mass is 335 g/mol. The molecule has 124 valence electrons. The predicted molar refractivity (Wildman–Crippen MR) is 79.8 cm³/mol. The van der Waals surface area contributed by atoms with Gasteiger partial charge in [-0.2, -0.15) is 13.2 Å². The van der Waals surface area contributed by atoms with Gasteiger partial charge in [-0.1, -0.05) is 25.8 Å². The summed E-state index contributed by atoms with van der Waals surface area (Å²) in [6.07, 6.45) is 0.939. The van der Waals surface area contributed by atoms with E-state index in [-0.39, 0.29) is 12.3 Å². The lowest BCUT2D eigenvalue weighted by Gasteiger charge is -2.24. The van der Waals surface area contributed by atoms with Crippen molar-refractivity contribution in [2.45, 2.75) is 45.1 Å². The van der Waals surface area contributed by atoms with Crippen molar-refractivity contribution < 1.29 is 17.9 Å². The van der Waals surface area contributed by atoms with Crippen LogP contribution in [-0.2, 0) is 0 Å². The average Bonchev–Trinajstić information content (AvgIpc) is 2.94. The van der Waals surface area contributed by atoms with E-state index in [4.69, 9.17) is 4.74 Å². The van der Waals surface area contributed by atoms with E-state index in [9.17, 15) is 13.2 Å². The summed E-state index contributed by atoms with van der Waals surface area (Å²) < 4.78 is 53.1. The molecule has 0 spiro atoms. The molecule has 0 radical (unpaired) electrons. The van der Waals surface area contributed by atoms with Crippen LogP contribution in [0.4, 0.5) is 13.2 Å². The van der Waals surface area contributed by atoms with Crippen LogP contribution < -0.4 is 4.74 Å². The van der Waals surface area contributed by atoms with Crippen molar-refractivity contribution in [3.8, 4) is 5.88 Å². The van der Waals surface area contributed by atoms with Gasteiger partial charge < -0.3 is 4.74 Å². The number of aromatic nitrogens is 2. The van der Waals surface area contributed by atoms with E-state index in [1.807, 2.05) is 13.0 Å². The minimum absolute atomic E-state index is 0.154. The van der Waals surface area contributed by atoms with Crippen LogP contribution in [0.5, 0.6) is 5.88 Å². The maximum absolute atomic E-state index is 13.8. The smallest absolute Gasteiger partial charge is 0.399 e. The van der Waals surface area contributed by atoms with Gasteiger partial charge in [0.15, 0.2) is 0 Å². The van der Waals surface area contributed by atoms with Crippen LogP contribution in [0.2, 0.25) is 0 Å². The van der Waals surface area contributed by atoms with Crippen molar-refractivity contribution in [2.24, 2.45) is 0 Å². The van der Waals surface area contributed by atoms with Gasteiger partial charge in [0.25, 0.3) is 5.88 Å². The molecule has 0 fully saturated rings. The number of unbranched alkanes of at least 4 members (excludes halogenated alkanes) is 2. The molecule has 1 aromatic rings. The number of hydrogen-bond acceptors (Lipinski definition) is 5. The Balaban J connectivity index is 2.04. The molecule has 1 aliphatic rings. The molecule has 0 unspecified atom stereocenters. The highest BCUT2D eigenvalue weighted by molar-refractivity contribution is 6.99. The van der Waals surface area contributed by atoms with E-state index in [1.54, 1.807) is 4.90 Å². The zero-order chi connectivity index (χ0) is 16.0. The number of nitrogens with zero attached hydrogens (tertiary/aromatic N) is 3. The number of alkyl halides is 3. The lowest BCUT2D eigenvalue weighted by atomic mass is 10.1. The maximum atomic E-state index is 13.8. The Hall–Kier alpha value is -1.15. The van der Waals surface area contributed by atoms with Gasteiger partial charge in [-0.25, -0.2) is 4.39 Å². The fourth-order valence-electron chi connectivity index (χ4n) is 2.30. The molecule has 0 amide bonds. The van der Waals surface area contributed by atoms with E-state index in [2.05, 4.69) is 8.75 Å². The summed E-state index contributed by atoms with van der Waals surface area (Å²) in [6, 6.07) is 0. The minimum atomic E-state index is -3.26. The second-order valence-corrected chi connectivity index (χ2v) is 5.83. The maximum Gasteiger partial charge on any atom is 0.399 e. The Morgan fingerprint density at radius 3 is 2.91 bits per heavy atom. The molecule has 2 heterocycles. The largest absolute Gasteiger partial charge is 0.411 e. The molecule has 0 aliphatic carbocycles. The standard InChI is InChI=1S/C14H20F3N3OS/c1-2-3-4-7-14(16,17)21-13-12(18-22-19-13)11-6-5-8-20(9-11)10-15/h6H,2-5,7-10H2,1H3. The molecule has 4 nitrogen and oxygen atoms in total. The SMILES string of the molecule is CCCCCC(F)(F)Oc1nsnc1C1=CCCN(CF)C1. The van der Waals surface area contributed by atoms with Crippen molar-refractivity contribution in [3.63, 3.8) is 0 Å². The van der Waals surface area contributed by atoms with Crippen molar-refractivity contribution in [3.05, 3.63) is 11.8 Å². The minimum Gasteiger partial charge on any atom is -0.411 e. The third-order valence-corrected chi connectivity index (χ3v) is 3.99. The highest BCUT2D eigenvalue weighted by Crippen LogP contribution is 2.32. The van der Waals surface area contributed by atoms with Gasteiger partial charge in [-0.15, -0.1) is 4.37 Å². The van der Waals surface area contributed by atoms with Crippen LogP contribution >= 0.6 is 11.7 Å². The third kappa shape index (κ3) is 4.67. The van der Waals surface area contributed by atoms with E-state index < -0.39 is 12.9 Å². The number of halogens is 3. The second kappa shape index (κ2) is 7.92. The van der Waals surface area contributed by atoms with Gasteiger partial charge in [-0.05, 0) is 18.4 Å². The molecule has 0 saturated carbocycles. The summed E-state index contributed by atoms with van der Waals surface area (Å²) in [5.41, 5.74) is 0.996. The van der Waals surface area contributed by atoms with Gasteiger partial charge in [0, 0.05) is 13.1 Å². The van der Waals surface area contributed by atoms with Crippen molar-refractivity contribution in [1.29, 1.82) is 0 Å². The number of ether oxygens (including phenoxy) is 1. The summed E-state index contributed by atoms with van der Waals surface area (Å²) in [5.74, 6) is -0.154. The zero-order valence-electron chi connectivity index (χ0n) is 12.5. The first-order chi connectivity index (χ1) is 10.6. The molecule has 8 heteroatoms.